The number of carboxylic acid groups (broad SMARTS) is 1. The molecule has 0 saturated heterocycles. The maximum Gasteiger partial charge on any atom is 0.335 e. The van der Waals surface area contributed by atoms with E-state index >= 15 is 0 Å². The maximum absolute atomic E-state index is 10.7. The average molecular weight is 270 g/mol. The lowest BCUT2D eigenvalue weighted by atomic mass is 10.0. The highest BCUT2D eigenvalue weighted by molar-refractivity contribution is 5.87. The molecule has 0 aromatic heterocycles. The Balaban J connectivity index is 1.79. The van der Waals surface area contributed by atoms with E-state index in [-0.39, 0.29) is 5.56 Å². The van der Waals surface area contributed by atoms with Crippen LogP contribution in [0.4, 0.5) is 0 Å². The number of hydrogen-bond donors (Lipinski definition) is 1. The van der Waals surface area contributed by atoms with Crippen LogP contribution >= 0.6 is 0 Å². The zero-order valence-electron chi connectivity index (χ0n) is 11.5. The molecule has 0 bridgehead atoms. The largest absolute Gasteiger partial charge is 0.494 e. The first-order chi connectivity index (χ1) is 9.66. The van der Waals surface area contributed by atoms with Crippen LogP contribution in [0.2, 0.25) is 0 Å². The third kappa shape index (κ3) is 3.85. The fourth-order valence-electron chi connectivity index (χ4n) is 2.04. The molecule has 0 atom stereocenters. The fraction of sp³-hybridized carbons (Fsp3) is 0.235. The number of hydrogen-bond acceptors (Lipinski definition) is 2. The van der Waals surface area contributed by atoms with Gasteiger partial charge < -0.3 is 9.84 Å². The lowest BCUT2D eigenvalue weighted by Crippen LogP contribution is -2.01. The van der Waals surface area contributed by atoms with Crippen LogP contribution in [0.15, 0.2) is 48.5 Å². The number of ether oxygens (including phenoxy) is 1. The minimum absolute atomic E-state index is 0.275. The van der Waals surface area contributed by atoms with Crippen LogP contribution in [0.25, 0.3) is 0 Å². The van der Waals surface area contributed by atoms with Crippen molar-refractivity contribution in [1.29, 1.82) is 0 Å². The molecule has 2 rings (SSSR count). The summed E-state index contributed by atoms with van der Waals surface area (Å²) in [5.41, 5.74) is 2.92. The van der Waals surface area contributed by atoms with Crippen LogP contribution in [0.5, 0.6) is 5.75 Å². The molecule has 0 aliphatic heterocycles. The lowest BCUT2D eigenvalue weighted by Gasteiger charge is -2.08. The molecule has 0 saturated carbocycles. The van der Waals surface area contributed by atoms with Gasteiger partial charge in [0.2, 0.25) is 0 Å². The van der Waals surface area contributed by atoms with Crippen molar-refractivity contribution in [3.05, 3.63) is 65.2 Å². The summed E-state index contributed by atoms with van der Waals surface area (Å²) in [6, 6.07) is 14.8. The zero-order valence-corrected chi connectivity index (χ0v) is 11.5. The van der Waals surface area contributed by atoms with Crippen LogP contribution in [-0.4, -0.2) is 17.7 Å². The molecule has 0 radical (unpaired) electrons. The standard InChI is InChI=1S/C17H18O3/c1-13-5-2-3-6-14(13)7-4-12-20-16-10-8-15(9-11-16)17(18)19/h2-3,5-6,8-11H,4,7,12H2,1H3,(H,18,19). The monoisotopic (exact) mass is 270 g/mol. The van der Waals surface area contributed by atoms with E-state index in [4.69, 9.17) is 9.84 Å². The van der Waals surface area contributed by atoms with Gasteiger partial charge in [0.05, 0.1) is 12.2 Å². The first-order valence-corrected chi connectivity index (χ1v) is 6.67. The Morgan fingerprint density at radius 3 is 2.45 bits per heavy atom. The molecular formula is C17H18O3. The van der Waals surface area contributed by atoms with Gasteiger partial charge in [-0.2, -0.15) is 0 Å². The Hall–Kier alpha value is -2.29. The maximum atomic E-state index is 10.7. The van der Waals surface area contributed by atoms with Gasteiger partial charge in [-0.15, -0.1) is 0 Å². The smallest absolute Gasteiger partial charge is 0.335 e. The minimum atomic E-state index is -0.920. The Labute approximate surface area is 118 Å². The van der Waals surface area contributed by atoms with Crippen molar-refractivity contribution in [2.75, 3.05) is 6.61 Å². The number of benzene rings is 2. The second kappa shape index (κ2) is 6.75. The van der Waals surface area contributed by atoms with Gasteiger partial charge in [0.25, 0.3) is 0 Å². The van der Waals surface area contributed by atoms with Crippen molar-refractivity contribution >= 4 is 5.97 Å². The SMILES string of the molecule is Cc1ccccc1CCCOc1ccc(C(=O)O)cc1. The molecule has 0 amide bonds. The topological polar surface area (TPSA) is 46.5 Å². The van der Waals surface area contributed by atoms with Crippen LogP contribution in [0.3, 0.4) is 0 Å². The van der Waals surface area contributed by atoms with E-state index in [0.717, 1.165) is 12.8 Å². The molecule has 0 spiro atoms. The first kappa shape index (κ1) is 14.1. The first-order valence-electron chi connectivity index (χ1n) is 6.67. The number of rotatable bonds is 6. The predicted molar refractivity (Wildman–Crippen MR) is 78.4 cm³/mol. The highest BCUT2D eigenvalue weighted by Gasteiger charge is 2.02. The van der Waals surface area contributed by atoms with Crippen molar-refractivity contribution in [3.63, 3.8) is 0 Å². The van der Waals surface area contributed by atoms with Crippen molar-refractivity contribution in [1.82, 2.24) is 0 Å². The Morgan fingerprint density at radius 1 is 1.10 bits per heavy atom. The summed E-state index contributed by atoms with van der Waals surface area (Å²) >= 11 is 0. The number of carbonyl (C=O) groups is 1. The molecule has 0 unspecified atom stereocenters. The normalized spacial score (nSPS) is 10.2. The van der Waals surface area contributed by atoms with Crippen molar-refractivity contribution < 1.29 is 14.6 Å². The third-order valence-electron chi connectivity index (χ3n) is 3.22. The summed E-state index contributed by atoms with van der Waals surface area (Å²) in [7, 11) is 0. The second-order valence-corrected chi connectivity index (χ2v) is 4.71. The van der Waals surface area contributed by atoms with E-state index in [9.17, 15) is 4.79 Å². The van der Waals surface area contributed by atoms with E-state index in [1.807, 2.05) is 12.1 Å². The zero-order chi connectivity index (χ0) is 14.4. The van der Waals surface area contributed by atoms with Gasteiger partial charge in [-0.1, -0.05) is 24.3 Å². The van der Waals surface area contributed by atoms with Crippen LogP contribution in [-0.2, 0) is 6.42 Å². The molecule has 0 fully saturated rings. The van der Waals surface area contributed by atoms with Gasteiger partial charge in [-0.3, -0.25) is 0 Å². The number of aromatic carboxylic acids is 1. The van der Waals surface area contributed by atoms with Gasteiger partial charge in [0.1, 0.15) is 5.75 Å². The van der Waals surface area contributed by atoms with Crippen molar-refractivity contribution in [3.8, 4) is 5.75 Å². The van der Waals surface area contributed by atoms with Crippen LogP contribution in [0.1, 0.15) is 27.9 Å². The van der Waals surface area contributed by atoms with E-state index < -0.39 is 5.97 Å². The van der Waals surface area contributed by atoms with Crippen LogP contribution < -0.4 is 4.74 Å². The summed E-state index contributed by atoms with van der Waals surface area (Å²) in [4.78, 5) is 10.7. The summed E-state index contributed by atoms with van der Waals surface area (Å²) in [5, 5.41) is 8.80. The molecule has 3 heteroatoms. The van der Waals surface area contributed by atoms with Gasteiger partial charge >= 0.3 is 5.97 Å². The lowest BCUT2D eigenvalue weighted by molar-refractivity contribution is 0.0697. The molecule has 2 aromatic carbocycles. The van der Waals surface area contributed by atoms with Crippen LogP contribution in [0, 0.1) is 6.92 Å². The second-order valence-electron chi connectivity index (χ2n) is 4.71. The number of carboxylic acids is 1. The van der Waals surface area contributed by atoms with Gasteiger partial charge in [-0.25, -0.2) is 4.79 Å². The highest BCUT2D eigenvalue weighted by atomic mass is 16.5. The van der Waals surface area contributed by atoms with E-state index in [2.05, 4.69) is 19.1 Å². The van der Waals surface area contributed by atoms with Crippen molar-refractivity contribution in [2.45, 2.75) is 19.8 Å². The summed E-state index contributed by atoms with van der Waals surface area (Å²) < 4.78 is 5.61. The van der Waals surface area contributed by atoms with Gasteiger partial charge in [0.15, 0.2) is 0 Å². The third-order valence-corrected chi connectivity index (χ3v) is 3.22. The highest BCUT2D eigenvalue weighted by Crippen LogP contribution is 2.14. The minimum Gasteiger partial charge on any atom is -0.494 e. The average Bonchev–Trinajstić information content (AvgIpc) is 2.46. The molecule has 0 aliphatic carbocycles. The molecule has 0 aliphatic rings. The Kier molecular flexibility index (Phi) is 4.77. The van der Waals surface area contributed by atoms with E-state index in [1.54, 1.807) is 24.3 Å². The fourth-order valence-corrected chi connectivity index (χ4v) is 2.04. The van der Waals surface area contributed by atoms with Gasteiger partial charge in [-0.05, 0) is 55.2 Å². The molecule has 0 heterocycles. The molecule has 20 heavy (non-hydrogen) atoms. The molecule has 3 nitrogen and oxygen atoms in total. The quantitative estimate of drug-likeness (QED) is 0.814. The van der Waals surface area contributed by atoms with Gasteiger partial charge in [0, 0.05) is 0 Å². The van der Waals surface area contributed by atoms with E-state index in [0.29, 0.717) is 12.4 Å². The summed E-state index contributed by atoms with van der Waals surface area (Å²) in [6.45, 7) is 2.74. The number of aryl methyl sites for hydroxylation is 2. The molecule has 104 valence electrons. The van der Waals surface area contributed by atoms with Crippen molar-refractivity contribution in [2.24, 2.45) is 0 Å². The Morgan fingerprint density at radius 2 is 1.80 bits per heavy atom. The summed E-state index contributed by atoms with van der Waals surface area (Å²) in [5.74, 6) is -0.212. The predicted octanol–water partition coefficient (Wildman–Crippen LogP) is 3.70. The molecular weight excluding hydrogens is 252 g/mol. The summed E-state index contributed by atoms with van der Waals surface area (Å²) in [6.07, 6.45) is 1.92. The molecule has 2 aromatic rings. The van der Waals surface area contributed by atoms with E-state index in [1.165, 1.54) is 11.1 Å². The Bertz CT molecular complexity index is 573. The molecule has 1 N–H and O–H groups in total.